The van der Waals surface area contributed by atoms with E-state index in [-0.39, 0.29) is 0 Å². The number of benzene rings is 2. The monoisotopic (exact) mass is 355 g/mol. The average molecular weight is 356 g/mol. The van der Waals surface area contributed by atoms with Gasteiger partial charge in [0, 0.05) is 17.2 Å². The van der Waals surface area contributed by atoms with E-state index in [9.17, 15) is 5.26 Å². The summed E-state index contributed by atoms with van der Waals surface area (Å²) in [4.78, 5) is 0. The number of aryl methyl sites for hydroxylation is 3. The standard InChI is InChI=1S/C23H23N2Si/c1-15-6-11-20(25(3)14-15)22-16(2)7-9-19-18-10-8-17(13-24)12-21(18)26(4,5)23(19)22/h6-12,14H,1-5H3/q+1. The van der Waals surface area contributed by atoms with Gasteiger partial charge in [0.1, 0.15) is 15.1 Å². The van der Waals surface area contributed by atoms with Crippen LogP contribution < -0.4 is 14.9 Å². The summed E-state index contributed by atoms with van der Waals surface area (Å²) >= 11 is 0. The SMILES string of the molecule is Cc1ccc(-c2c(C)ccc3c2[Si](C)(C)c2cc(C#N)ccc2-3)[n+](C)c1. The molecule has 26 heavy (non-hydrogen) atoms. The molecule has 1 aromatic heterocycles. The summed E-state index contributed by atoms with van der Waals surface area (Å²) < 4.78 is 2.24. The minimum atomic E-state index is -1.89. The van der Waals surface area contributed by atoms with Crippen LogP contribution in [0.25, 0.3) is 22.4 Å². The van der Waals surface area contributed by atoms with Crippen molar-refractivity contribution in [1.82, 2.24) is 0 Å². The van der Waals surface area contributed by atoms with E-state index in [0.29, 0.717) is 0 Å². The molecule has 0 aliphatic carbocycles. The van der Waals surface area contributed by atoms with Crippen molar-refractivity contribution >= 4 is 18.4 Å². The molecular formula is C23H23N2Si+. The molecule has 3 heteroatoms. The van der Waals surface area contributed by atoms with Gasteiger partial charge in [0.05, 0.1) is 11.6 Å². The second kappa shape index (κ2) is 5.65. The molecule has 0 unspecified atom stereocenters. The molecule has 1 aliphatic heterocycles. The molecule has 0 saturated heterocycles. The molecule has 2 aromatic carbocycles. The van der Waals surface area contributed by atoms with E-state index in [4.69, 9.17) is 0 Å². The van der Waals surface area contributed by atoms with Crippen LogP contribution in [0.1, 0.15) is 16.7 Å². The van der Waals surface area contributed by atoms with Crippen molar-refractivity contribution in [3.05, 3.63) is 65.4 Å². The van der Waals surface area contributed by atoms with E-state index in [1.165, 1.54) is 43.9 Å². The Kier molecular flexibility index (Phi) is 3.64. The third-order valence-electron chi connectivity index (χ3n) is 5.69. The molecule has 3 aromatic rings. The molecule has 0 bridgehead atoms. The highest BCUT2D eigenvalue weighted by molar-refractivity contribution is 7.04. The minimum Gasteiger partial charge on any atom is -0.201 e. The Morgan fingerprint density at radius 1 is 0.962 bits per heavy atom. The molecular weight excluding hydrogens is 332 g/mol. The lowest BCUT2D eigenvalue weighted by atomic mass is 9.97. The van der Waals surface area contributed by atoms with E-state index in [2.05, 4.69) is 87.2 Å². The first-order valence-corrected chi connectivity index (χ1v) is 12.0. The van der Waals surface area contributed by atoms with Gasteiger partial charge in [0.2, 0.25) is 5.69 Å². The van der Waals surface area contributed by atoms with Crippen LogP contribution in [0.5, 0.6) is 0 Å². The van der Waals surface area contributed by atoms with Gasteiger partial charge in [-0.1, -0.05) is 31.3 Å². The van der Waals surface area contributed by atoms with E-state index in [1.807, 2.05) is 6.07 Å². The van der Waals surface area contributed by atoms with Gasteiger partial charge in [-0.2, -0.15) is 5.26 Å². The Hall–Kier alpha value is -2.70. The van der Waals surface area contributed by atoms with Gasteiger partial charge in [-0.15, -0.1) is 0 Å². The van der Waals surface area contributed by atoms with Crippen LogP contribution in [-0.4, -0.2) is 8.07 Å². The third kappa shape index (κ3) is 2.26. The second-order valence-corrected chi connectivity index (χ2v) is 12.2. The number of nitriles is 1. The molecule has 0 radical (unpaired) electrons. The molecule has 2 nitrogen and oxygen atoms in total. The highest BCUT2D eigenvalue weighted by atomic mass is 28.3. The zero-order valence-corrected chi connectivity index (χ0v) is 17.0. The first-order chi connectivity index (χ1) is 12.3. The Morgan fingerprint density at radius 2 is 1.69 bits per heavy atom. The summed E-state index contributed by atoms with van der Waals surface area (Å²) in [5, 5.41) is 12.2. The normalized spacial score (nSPS) is 13.8. The highest BCUT2D eigenvalue weighted by Gasteiger charge is 2.41. The fraction of sp³-hybridized carbons (Fsp3) is 0.217. The Bertz CT molecular complexity index is 1100. The van der Waals surface area contributed by atoms with Crippen LogP contribution in [0, 0.1) is 25.2 Å². The fourth-order valence-electron chi connectivity index (χ4n) is 4.42. The summed E-state index contributed by atoms with van der Waals surface area (Å²) in [6, 6.07) is 17.5. The van der Waals surface area contributed by atoms with Gasteiger partial charge in [-0.3, -0.25) is 0 Å². The average Bonchev–Trinajstić information content (AvgIpc) is 2.83. The van der Waals surface area contributed by atoms with E-state index < -0.39 is 8.07 Å². The Balaban J connectivity index is 2.07. The maximum atomic E-state index is 9.36. The van der Waals surface area contributed by atoms with Gasteiger partial charge < -0.3 is 0 Å². The van der Waals surface area contributed by atoms with Crippen molar-refractivity contribution in [2.75, 3.05) is 0 Å². The van der Waals surface area contributed by atoms with Crippen molar-refractivity contribution < 1.29 is 4.57 Å². The van der Waals surface area contributed by atoms with Crippen LogP contribution in [0.2, 0.25) is 13.1 Å². The van der Waals surface area contributed by atoms with Crippen molar-refractivity contribution in [3.63, 3.8) is 0 Å². The van der Waals surface area contributed by atoms with Gasteiger partial charge in [-0.25, -0.2) is 4.57 Å². The molecule has 1 aliphatic rings. The zero-order chi connectivity index (χ0) is 18.6. The zero-order valence-electron chi connectivity index (χ0n) is 16.0. The summed E-state index contributed by atoms with van der Waals surface area (Å²) in [5.74, 6) is 0. The van der Waals surface area contributed by atoms with Crippen molar-refractivity contribution in [2.45, 2.75) is 26.9 Å². The lowest BCUT2D eigenvalue weighted by molar-refractivity contribution is -0.660. The molecule has 0 spiro atoms. The molecule has 0 fully saturated rings. The molecule has 128 valence electrons. The van der Waals surface area contributed by atoms with Gasteiger partial charge >= 0.3 is 0 Å². The van der Waals surface area contributed by atoms with E-state index in [1.54, 1.807) is 0 Å². The maximum Gasteiger partial charge on any atom is 0.212 e. The summed E-state index contributed by atoms with van der Waals surface area (Å²) in [6.45, 7) is 9.17. The van der Waals surface area contributed by atoms with Crippen LogP contribution in [-0.2, 0) is 7.05 Å². The molecule has 0 atom stereocenters. The van der Waals surface area contributed by atoms with Crippen LogP contribution in [0.15, 0.2) is 48.7 Å². The molecule has 0 N–H and O–H groups in total. The number of pyridine rings is 1. The lowest BCUT2D eigenvalue weighted by Crippen LogP contribution is -2.51. The van der Waals surface area contributed by atoms with Crippen LogP contribution in [0.3, 0.4) is 0 Å². The smallest absolute Gasteiger partial charge is 0.201 e. The van der Waals surface area contributed by atoms with E-state index in [0.717, 1.165) is 5.56 Å². The molecule has 4 rings (SSSR count). The minimum absolute atomic E-state index is 0.760. The number of hydrogen-bond donors (Lipinski definition) is 0. The number of fused-ring (bicyclic) bond motifs is 3. The second-order valence-electron chi connectivity index (χ2n) is 7.88. The first-order valence-electron chi connectivity index (χ1n) is 9.00. The predicted molar refractivity (Wildman–Crippen MR) is 109 cm³/mol. The molecule has 0 amide bonds. The number of hydrogen-bond acceptors (Lipinski definition) is 1. The molecule has 0 saturated carbocycles. The third-order valence-corrected chi connectivity index (χ3v) is 9.22. The van der Waals surface area contributed by atoms with Gasteiger partial charge in [-0.05, 0) is 59.1 Å². The van der Waals surface area contributed by atoms with E-state index >= 15 is 0 Å². The quantitative estimate of drug-likeness (QED) is 0.485. The topological polar surface area (TPSA) is 27.7 Å². The van der Waals surface area contributed by atoms with Crippen LogP contribution >= 0.6 is 0 Å². The fourth-order valence-corrected chi connectivity index (χ4v) is 7.94. The van der Waals surface area contributed by atoms with Crippen molar-refractivity contribution in [2.24, 2.45) is 7.05 Å². The van der Waals surface area contributed by atoms with Crippen LogP contribution in [0.4, 0.5) is 0 Å². The summed E-state index contributed by atoms with van der Waals surface area (Å²) in [5.41, 5.74) is 8.64. The predicted octanol–water partition coefficient (Wildman–Crippen LogP) is 3.47. The largest absolute Gasteiger partial charge is 0.212 e. The van der Waals surface area contributed by atoms with Gasteiger partial charge in [0.15, 0.2) is 6.20 Å². The first kappa shape index (κ1) is 16.7. The van der Waals surface area contributed by atoms with Crippen molar-refractivity contribution in [3.8, 4) is 28.5 Å². The Morgan fingerprint density at radius 3 is 2.38 bits per heavy atom. The number of nitrogens with zero attached hydrogens (tertiary/aromatic N) is 2. The summed E-state index contributed by atoms with van der Waals surface area (Å²) in [7, 11) is 0.242. The molecule has 2 heterocycles. The number of rotatable bonds is 1. The highest BCUT2D eigenvalue weighted by Crippen LogP contribution is 2.34. The lowest BCUT2D eigenvalue weighted by Gasteiger charge is -2.22. The van der Waals surface area contributed by atoms with Gasteiger partial charge in [0.25, 0.3) is 0 Å². The summed E-state index contributed by atoms with van der Waals surface area (Å²) in [6.07, 6.45) is 2.19. The number of aromatic nitrogens is 1. The maximum absolute atomic E-state index is 9.36. The Labute approximate surface area is 156 Å². The van der Waals surface area contributed by atoms with Crippen molar-refractivity contribution in [1.29, 1.82) is 5.26 Å².